The number of aromatic nitrogens is 2. The normalized spacial score (nSPS) is 11.6. The number of fused-ring (bicyclic) bond motifs is 7. The number of rotatable bonds is 5. The van der Waals surface area contributed by atoms with Gasteiger partial charge in [-0.25, -0.2) is 9.97 Å². The molecule has 0 unspecified atom stereocenters. The second kappa shape index (κ2) is 12.9. The summed E-state index contributed by atoms with van der Waals surface area (Å²) in [7, 11) is 0. The van der Waals surface area contributed by atoms with Crippen LogP contribution in [0.15, 0.2) is 194 Å². The predicted molar refractivity (Wildman–Crippen MR) is 235 cm³/mol. The number of hydrogen-bond donors (Lipinski definition) is 0. The van der Waals surface area contributed by atoms with Crippen LogP contribution in [0.2, 0.25) is 0 Å². The topological polar surface area (TPSA) is 25.8 Å². The first kappa shape index (κ1) is 31.6. The van der Waals surface area contributed by atoms with E-state index in [2.05, 4.69) is 188 Å². The monoisotopic (exact) mass is 716 g/mol. The first-order valence-electron chi connectivity index (χ1n) is 18.6. The quantitative estimate of drug-likeness (QED) is 0.131. The number of benzene rings is 9. The molecule has 0 bridgehead atoms. The molecule has 2 heterocycles. The molecule has 0 N–H and O–H groups in total. The molecular formula is C52H32N2S. The Labute approximate surface area is 322 Å². The van der Waals surface area contributed by atoms with E-state index in [0.717, 1.165) is 39.2 Å². The van der Waals surface area contributed by atoms with Crippen LogP contribution in [0.1, 0.15) is 0 Å². The Balaban J connectivity index is 1.10. The highest BCUT2D eigenvalue weighted by Crippen LogP contribution is 2.42. The average Bonchev–Trinajstić information content (AvgIpc) is 3.64. The van der Waals surface area contributed by atoms with E-state index in [0.29, 0.717) is 5.82 Å². The fraction of sp³-hybridized carbons (Fsp3) is 0. The smallest absolute Gasteiger partial charge is 0.160 e. The zero-order chi connectivity index (χ0) is 36.3. The zero-order valence-electron chi connectivity index (χ0n) is 29.8. The van der Waals surface area contributed by atoms with Crippen LogP contribution >= 0.6 is 11.3 Å². The van der Waals surface area contributed by atoms with Crippen LogP contribution < -0.4 is 0 Å². The second-order valence-corrected chi connectivity index (χ2v) is 15.2. The van der Waals surface area contributed by atoms with E-state index in [1.54, 1.807) is 0 Å². The van der Waals surface area contributed by atoms with Crippen LogP contribution in [0.25, 0.3) is 109 Å². The van der Waals surface area contributed by atoms with Gasteiger partial charge in [0.05, 0.1) is 11.4 Å². The second-order valence-electron chi connectivity index (χ2n) is 14.1. The highest BCUT2D eigenvalue weighted by molar-refractivity contribution is 7.25. The summed E-state index contributed by atoms with van der Waals surface area (Å²) in [4.78, 5) is 10.5. The van der Waals surface area contributed by atoms with E-state index in [1.165, 1.54) is 63.6 Å². The summed E-state index contributed by atoms with van der Waals surface area (Å²) < 4.78 is 2.59. The predicted octanol–water partition coefficient (Wildman–Crippen LogP) is 14.6. The lowest BCUT2D eigenvalue weighted by Crippen LogP contribution is -1.97. The highest BCUT2D eigenvalue weighted by atomic mass is 32.1. The molecule has 11 rings (SSSR count). The third-order valence-electron chi connectivity index (χ3n) is 10.9. The molecule has 0 aliphatic carbocycles. The summed E-state index contributed by atoms with van der Waals surface area (Å²) in [5.74, 6) is 0.704. The summed E-state index contributed by atoms with van der Waals surface area (Å²) in [6.45, 7) is 0. The molecule has 0 spiro atoms. The van der Waals surface area contributed by atoms with Gasteiger partial charge in [-0.3, -0.25) is 0 Å². The van der Waals surface area contributed by atoms with Gasteiger partial charge >= 0.3 is 0 Å². The molecule has 0 amide bonds. The molecule has 2 aromatic heterocycles. The van der Waals surface area contributed by atoms with Crippen molar-refractivity contribution in [1.82, 2.24) is 9.97 Å². The van der Waals surface area contributed by atoms with Crippen molar-refractivity contribution in [1.29, 1.82) is 0 Å². The van der Waals surface area contributed by atoms with E-state index in [9.17, 15) is 0 Å². The Morgan fingerprint density at radius 3 is 1.85 bits per heavy atom. The SMILES string of the molecule is c1ccc(-c2nc(-c3cccc(-c4c5ccccc5cc5c4ccc4ccccc45)c3)cc(-c3ccccc3-c3ccc4c(c3)sc3ccccc34)n2)cc1. The van der Waals surface area contributed by atoms with E-state index < -0.39 is 0 Å². The van der Waals surface area contributed by atoms with Gasteiger partial charge in [0.15, 0.2) is 5.82 Å². The summed E-state index contributed by atoms with van der Waals surface area (Å²) in [6.07, 6.45) is 0. The molecule has 0 atom stereocenters. The van der Waals surface area contributed by atoms with Crippen molar-refractivity contribution in [3.05, 3.63) is 194 Å². The van der Waals surface area contributed by atoms with Crippen LogP contribution in [-0.4, -0.2) is 9.97 Å². The molecule has 3 heteroatoms. The fourth-order valence-electron chi connectivity index (χ4n) is 8.27. The van der Waals surface area contributed by atoms with Gasteiger partial charge in [0.1, 0.15) is 0 Å². The molecule has 0 aliphatic rings. The number of hydrogen-bond acceptors (Lipinski definition) is 3. The average molecular weight is 717 g/mol. The summed E-state index contributed by atoms with van der Waals surface area (Å²) in [5, 5.41) is 10.1. The van der Waals surface area contributed by atoms with Crippen LogP contribution in [0.4, 0.5) is 0 Å². The fourth-order valence-corrected chi connectivity index (χ4v) is 9.41. The third kappa shape index (κ3) is 5.40. The molecule has 0 radical (unpaired) electrons. The van der Waals surface area contributed by atoms with E-state index in [4.69, 9.17) is 9.97 Å². The van der Waals surface area contributed by atoms with Crippen molar-refractivity contribution < 1.29 is 0 Å². The first-order chi connectivity index (χ1) is 27.2. The molecule has 2 nitrogen and oxygen atoms in total. The lowest BCUT2D eigenvalue weighted by atomic mass is 9.89. The Morgan fingerprint density at radius 1 is 0.309 bits per heavy atom. The Kier molecular flexibility index (Phi) is 7.39. The third-order valence-corrected chi connectivity index (χ3v) is 12.0. The standard InChI is InChI=1S/C52H32N2S/c1-2-14-34(15-3-1)52-53-47(32-48(54-52)42-22-9-8-20-40(42)36-26-27-44-43-23-10-11-24-49(43)55-50(44)31-36)37-17-12-18-38(29-37)51-41-21-7-5-16-35(41)30-46-39-19-6-4-13-33(39)25-28-45(46)51/h1-32H. The number of thiophene rings is 1. The zero-order valence-corrected chi connectivity index (χ0v) is 30.6. The van der Waals surface area contributed by atoms with E-state index >= 15 is 0 Å². The van der Waals surface area contributed by atoms with Gasteiger partial charge in [0.2, 0.25) is 0 Å². The van der Waals surface area contributed by atoms with Gasteiger partial charge in [0.25, 0.3) is 0 Å². The van der Waals surface area contributed by atoms with E-state index in [-0.39, 0.29) is 0 Å². The van der Waals surface area contributed by atoms with Crippen molar-refractivity contribution in [3.63, 3.8) is 0 Å². The number of nitrogens with zero attached hydrogens (tertiary/aromatic N) is 2. The summed E-state index contributed by atoms with van der Waals surface area (Å²) in [5.41, 5.74) is 9.60. The van der Waals surface area contributed by atoms with Crippen molar-refractivity contribution in [3.8, 4) is 56.2 Å². The minimum Gasteiger partial charge on any atom is -0.228 e. The molecule has 0 aliphatic heterocycles. The molecule has 0 saturated carbocycles. The van der Waals surface area contributed by atoms with Crippen molar-refractivity contribution in [2.45, 2.75) is 0 Å². The minimum absolute atomic E-state index is 0.704. The molecule has 0 saturated heterocycles. The maximum Gasteiger partial charge on any atom is 0.160 e. The molecule has 11 aromatic rings. The molecule has 9 aromatic carbocycles. The van der Waals surface area contributed by atoms with Gasteiger partial charge < -0.3 is 0 Å². The van der Waals surface area contributed by atoms with Gasteiger partial charge in [0, 0.05) is 36.9 Å². The van der Waals surface area contributed by atoms with Crippen molar-refractivity contribution in [2.24, 2.45) is 0 Å². The van der Waals surface area contributed by atoms with Gasteiger partial charge in [-0.05, 0) is 84.9 Å². The van der Waals surface area contributed by atoms with Crippen LogP contribution in [0.5, 0.6) is 0 Å². The molecular weight excluding hydrogens is 685 g/mol. The molecule has 0 fully saturated rings. The van der Waals surface area contributed by atoms with Gasteiger partial charge in [-0.15, -0.1) is 11.3 Å². The van der Waals surface area contributed by atoms with Crippen LogP contribution in [0, 0.1) is 0 Å². The van der Waals surface area contributed by atoms with Crippen LogP contribution in [0.3, 0.4) is 0 Å². The largest absolute Gasteiger partial charge is 0.228 e. The summed E-state index contributed by atoms with van der Waals surface area (Å²) >= 11 is 1.85. The van der Waals surface area contributed by atoms with Crippen molar-refractivity contribution in [2.75, 3.05) is 0 Å². The molecule has 55 heavy (non-hydrogen) atoms. The highest BCUT2D eigenvalue weighted by Gasteiger charge is 2.17. The first-order valence-corrected chi connectivity index (χ1v) is 19.5. The molecule has 256 valence electrons. The van der Waals surface area contributed by atoms with E-state index in [1.807, 2.05) is 17.4 Å². The maximum atomic E-state index is 5.27. The maximum absolute atomic E-state index is 5.27. The lowest BCUT2D eigenvalue weighted by Gasteiger charge is -2.16. The summed E-state index contributed by atoms with van der Waals surface area (Å²) in [6, 6.07) is 69.8. The lowest BCUT2D eigenvalue weighted by molar-refractivity contribution is 1.18. The Morgan fingerprint density at radius 2 is 0.964 bits per heavy atom. The minimum atomic E-state index is 0.704. The Hall–Kier alpha value is -6.94. The Bertz CT molecular complexity index is 3270. The van der Waals surface area contributed by atoms with Crippen molar-refractivity contribution >= 4 is 63.8 Å². The van der Waals surface area contributed by atoms with Crippen LogP contribution in [-0.2, 0) is 0 Å². The van der Waals surface area contributed by atoms with Gasteiger partial charge in [-0.2, -0.15) is 0 Å². The van der Waals surface area contributed by atoms with Gasteiger partial charge in [-0.1, -0.05) is 164 Å².